The number of carbonyl (C=O) groups excluding carboxylic acids is 2. The van der Waals surface area contributed by atoms with E-state index in [9.17, 15) is 18.0 Å². The number of para-hydroxylation sites is 1. The van der Waals surface area contributed by atoms with Gasteiger partial charge in [0.05, 0.1) is 17.0 Å². The molecule has 1 atom stereocenters. The summed E-state index contributed by atoms with van der Waals surface area (Å²) in [6.07, 6.45) is 2.05. The average Bonchev–Trinajstić information content (AvgIpc) is 2.89. The first-order chi connectivity index (χ1) is 18.1. The SMILES string of the molecule is CCCNC(=O)C(Cc1ccccc1)N(Cc1ccccc1C)C(=O)CN(c1ccccc1Cl)S(C)(=O)=O. The summed E-state index contributed by atoms with van der Waals surface area (Å²) < 4.78 is 26.6. The fourth-order valence-electron chi connectivity index (χ4n) is 4.14. The third kappa shape index (κ3) is 7.82. The molecule has 0 fully saturated rings. The molecule has 3 aromatic carbocycles. The first-order valence-electron chi connectivity index (χ1n) is 12.5. The number of nitrogens with zero attached hydrogens (tertiary/aromatic N) is 2. The van der Waals surface area contributed by atoms with Crippen molar-refractivity contribution < 1.29 is 18.0 Å². The van der Waals surface area contributed by atoms with Crippen molar-refractivity contribution in [2.75, 3.05) is 23.7 Å². The Bertz CT molecular complexity index is 1350. The Morgan fingerprint density at radius 1 is 0.947 bits per heavy atom. The van der Waals surface area contributed by atoms with Crippen LogP contribution in [0.2, 0.25) is 5.02 Å². The summed E-state index contributed by atoms with van der Waals surface area (Å²) in [6, 6.07) is 22.7. The van der Waals surface area contributed by atoms with Crippen LogP contribution in [-0.4, -0.2) is 50.5 Å². The summed E-state index contributed by atoms with van der Waals surface area (Å²) in [5, 5.41) is 3.13. The second-order valence-corrected chi connectivity index (χ2v) is 11.5. The van der Waals surface area contributed by atoms with Crippen LogP contribution in [0.25, 0.3) is 0 Å². The topological polar surface area (TPSA) is 86.8 Å². The summed E-state index contributed by atoms with van der Waals surface area (Å²) in [4.78, 5) is 29.0. The molecule has 0 heterocycles. The van der Waals surface area contributed by atoms with Gasteiger partial charge in [0, 0.05) is 19.5 Å². The van der Waals surface area contributed by atoms with E-state index in [1.807, 2.05) is 68.4 Å². The molecule has 38 heavy (non-hydrogen) atoms. The van der Waals surface area contributed by atoms with Crippen LogP contribution in [0, 0.1) is 6.92 Å². The Morgan fingerprint density at radius 3 is 2.21 bits per heavy atom. The Hall–Kier alpha value is -3.36. The second-order valence-electron chi connectivity index (χ2n) is 9.17. The molecule has 3 rings (SSSR count). The zero-order valence-corrected chi connectivity index (χ0v) is 23.5. The minimum absolute atomic E-state index is 0.142. The number of sulfonamides is 1. The first-order valence-corrected chi connectivity index (χ1v) is 14.7. The van der Waals surface area contributed by atoms with Crippen LogP contribution in [0.4, 0.5) is 5.69 Å². The van der Waals surface area contributed by atoms with E-state index in [4.69, 9.17) is 11.6 Å². The van der Waals surface area contributed by atoms with Gasteiger partial charge in [-0.05, 0) is 42.2 Å². The van der Waals surface area contributed by atoms with Crippen LogP contribution in [0.5, 0.6) is 0 Å². The zero-order chi connectivity index (χ0) is 27.7. The molecule has 0 aliphatic heterocycles. The number of carbonyl (C=O) groups is 2. The predicted octanol–water partition coefficient (Wildman–Crippen LogP) is 4.58. The highest BCUT2D eigenvalue weighted by Gasteiger charge is 2.33. The summed E-state index contributed by atoms with van der Waals surface area (Å²) >= 11 is 6.32. The third-order valence-electron chi connectivity index (χ3n) is 6.22. The number of hydrogen-bond acceptors (Lipinski definition) is 4. The smallest absolute Gasteiger partial charge is 0.244 e. The molecule has 1 N–H and O–H groups in total. The maximum atomic E-state index is 14.0. The minimum atomic E-state index is -3.87. The molecule has 3 aromatic rings. The van der Waals surface area contributed by atoms with Gasteiger partial charge in [0.1, 0.15) is 12.6 Å². The third-order valence-corrected chi connectivity index (χ3v) is 7.67. The van der Waals surface area contributed by atoms with Gasteiger partial charge in [-0.3, -0.25) is 13.9 Å². The molecule has 0 aromatic heterocycles. The number of aryl methyl sites for hydroxylation is 1. The number of hydrogen-bond donors (Lipinski definition) is 1. The lowest BCUT2D eigenvalue weighted by Crippen LogP contribution is -2.53. The van der Waals surface area contributed by atoms with Crippen LogP contribution in [0.1, 0.15) is 30.0 Å². The molecular weight excluding hydrogens is 522 g/mol. The van der Waals surface area contributed by atoms with Crippen LogP contribution in [0.3, 0.4) is 0 Å². The van der Waals surface area contributed by atoms with E-state index in [-0.39, 0.29) is 29.6 Å². The van der Waals surface area contributed by atoms with Gasteiger partial charge < -0.3 is 10.2 Å². The van der Waals surface area contributed by atoms with Crippen LogP contribution in [0.15, 0.2) is 78.9 Å². The zero-order valence-electron chi connectivity index (χ0n) is 21.9. The van der Waals surface area contributed by atoms with Gasteiger partial charge in [0.15, 0.2) is 0 Å². The van der Waals surface area contributed by atoms with Crippen LogP contribution >= 0.6 is 11.6 Å². The van der Waals surface area contributed by atoms with Gasteiger partial charge in [0.25, 0.3) is 0 Å². The lowest BCUT2D eigenvalue weighted by Gasteiger charge is -2.34. The lowest BCUT2D eigenvalue weighted by atomic mass is 10.0. The summed E-state index contributed by atoms with van der Waals surface area (Å²) in [7, 11) is -3.87. The van der Waals surface area contributed by atoms with Crippen LogP contribution in [-0.2, 0) is 32.6 Å². The van der Waals surface area contributed by atoms with Gasteiger partial charge in [-0.25, -0.2) is 8.42 Å². The molecule has 0 aliphatic rings. The molecule has 2 amide bonds. The number of halogens is 1. The second kappa shape index (κ2) is 13.4. The largest absolute Gasteiger partial charge is 0.354 e. The van der Waals surface area contributed by atoms with Gasteiger partial charge in [-0.15, -0.1) is 0 Å². The molecule has 0 spiro atoms. The fraction of sp³-hybridized carbons (Fsp3) is 0.310. The number of rotatable bonds is 12. The van der Waals surface area contributed by atoms with E-state index >= 15 is 0 Å². The number of amides is 2. The maximum Gasteiger partial charge on any atom is 0.244 e. The van der Waals surface area contributed by atoms with Gasteiger partial charge in [0.2, 0.25) is 21.8 Å². The minimum Gasteiger partial charge on any atom is -0.354 e. The summed E-state index contributed by atoms with van der Waals surface area (Å²) in [5.41, 5.74) is 2.92. The van der Waals surface area contributed by atoms with Crippen molar-refractivity contribution in [3.8, 4) is 0 Å². The quantitative estimate of drug-likeness (QED) is 0.354. The Morgan fingerprint density at radius 2 is 1.58 bits per heavy atom. The Kier molecular flexibility index (Phi) is 10.3. The number of benzene rings is 3. The van der Waals surface area contributed by atoms with Gasteiger partial charge >= 0.3 is 0 Å². The van der Waals surface area contributed by atoms with Crippen molar-refractivity contribution in [2.45, 2.75) is 39.3 Å². The summed E-state index contributed by atoms with van der Waals surface area (Å²) in [6.45, 7) is 4.00. The Balaban J connectivity index is 2.06. The van der Waals surface area contributed by atoms with Crippen molar-refractivity contribution in [2.24, 2.45) is 0 Å². The van der Waals surface area contributed by atoms with E-state index < -0.39 is 28.5 Å². The van der Waals surface area contributed by atoms with E-state index in [1.54, 1.807) is 24.3 Å². The van der Waals surface area contributed by atoms with Crippen molar-refractivity contribution in [1.82, 2.24) is 10.2 Å². The Labute approximate surface area is 230 Å². The van der Waals surface area contributed by atoms with Gasteiger partial charge in [-0.2, -0.15) is 0 Å². The van der Waals surface area contributed by atoms with E-state index in [1.165, 1.54) is 4.90 Å². The molecule has 1 unspecified atom stereocenters. The van der Waals surface area contributed by atoms with E-state index in [2.05, 4.69) is 5.32 Å². The highest BCUT2D eigenvalue weighted by molar-refractivity contribution is 7.92. The maximum absolute atomic E-state index is 14.0. The van der Waals surface area contributed by atoms with Crippen molar-refractivity contribution in [1.29, 1.82) is 0 Å². The average molecular weight is 556 g/mol. The molecule has 0 aliphatic carbocycles. The lowest BCUT2D eigenvalue weighted by molar-refractivity contribution is -0.140. The van der Waals surface area contributed by atoms with Crippen molar-refractivity contribution in [3.63, 3.8) is 0 Å². The molecule has 0 saturated heterocycles. The molecule has 202 valence electrons. The van der Waals surface area contributed by atoms with Crippen molar-refractivity contribution in [3.05, 3.63) is 101 Å². The normalized spacial score (nSPS) is 12.0. The highest BCUT2D eigenvalue weighted by atomic mass is 35.5. The van der Waals surface area contributed by atoms with Gasteiger partial charge in [-0.1, -0.05) is 85.3 Å². The molecular formula is C29H34ClN3O4S. The fourth-order valence-corrected chi connectivity index (χ4v) is 5.29. The standard InChI is InChI=1S/C29H34ClN3O4S/c1-4-18-31-29(35)27(19-23-13-6-5-7-14-23)32(20-24-15-9-8-12-22(24)2)28(34)21-33(38(3,36)37)26-17-11-10-16-25(26)30/h5-17,27H,4,18-21H2,1-3H3,(H,31,35). The number of nitrogens with one attached hydrogen (secondary N) is 1. The van der Waals surface area contributed by atoms with Crippen LogP contribution < -0.4 is 9.62 Å². The number of anilines is 1. The van der Waals surface area contributed by atoms with E-state index in [0.717, 1.165) is 33.7 Å². The monoisotopic (exact) mass is 555 g/mol. The first kappa shape index (κ1) is 29.2. The summed E-state index contributed by atoms with van der Waals surface area (Å²) in [5.74, 6) is -0.799. The molecule has 0 radical (unpaired) electrons. The molecule has 7 nitrogen and oxygen atoms in total. The molecule has 0 saturated carbocycles. The molecule has 0 bridgehead atoms. The van der Waals surface area contributed by atoms with E-state index in [0.29, 0.717) is 6.54 Å². The highest BCUT2D eigenvalue weighted by Crippen LogP contribution is 2.28. The molecule has 9 heteroatoms. The van der Waals surface area contributed by atoms with Crippen molar-refractivity contribution >= 4 is 39.1 Å². The predicted molar refractivity (Wildman–Crippen MR) is 153 cm³/mol.